The largest absolute Gasteiger partial charge is 0.364 e. The Labute approximate surface area is 176 Å². The van der Waals surface area contributed by atoms with Gasteiger partial charge in [0.1, 0.15) is 11.9 Å². The number of para-hydroxylation sites is 1. The molecule has 0 aliphatic carbocycles. The first-order chi connectivity index (χ1) is 15.0. The zero-order valence-electron chi connectivity index (χ0n) is 16.7. The van der Waals surface area contributed by atoms with Crippen molar-refractivity contribution in [2.24, 2.45) is 0 Å². The van der Waals surface area contributed by atoms with Crippen molar-refractivity contribution in [2.75, 3.05) is 4.90 Å². The van der Waals surface area contributed by atoms with Crippen molar-refractivity contribution >= 4 is 11.5 Å². The van der Waals surface area contributed by atoms with Gasteiger partial charge in [0, 0.05) is 5.56 Å². The third kappa shape index (κ3) is 2.51. The predicted octanol–water partition coefficient (Wildman–Crippen LogP) is 3.25. The number of rotatable bonds is 2. The van der Waals surface area contributed by atoms with Crippen molar-refractivity contribution in [1.82, 2.24) is 29.8 Å². The normalized spacial score (nSPS) is 23.2. The second kappa shape index (κ2) is 6.12. The van der Waals surface area contributed by atoms with E-state index in [-0.39, 0.29) is 23.4 Å². The Hall–Kier alpha value is -3.78. The van der Waals surface area contributed by atoms with E-state index in [1.165, 1.54) is 11.1 Å². The van der Waals surface area contributed by atoms with E-state index in [2.05, 4.69) is 20.3 Å². The van der Waals surface area contributed by atoms with Crippen LogP contribution in [0.3, 0.4) is 0 Å². The molecule has 31 heavy (non-hydrogen) atoms. The fourth-order valence-corrected chi connectivity index (χ4v) is 4.27. The Balaban J connectivity index is 1.48. The SMILES string of the molecule is CC1(C)CCC(c2noc(-c3nnc4n3C3=CN(C#N)C(F)N3c3ccccc3-4)n2)O1. The lowest BCUT2D eigenvalue weighted by atomic mass is 10.1. The van der Waals surface area contributed by atoms with Crippen LogP contribution in [-0.2, 0) is 4.74 Å². The number of halogens is 1. The molecule has 0 bridgehead atoms. The molecule has 1 saturated heterocycles. The molecule has 6 rings (SSSR count). The summed E-state index contributed by atoms with van der Waals surface area (Å²) >= 11 is 0. The van der Waals surface area contributed by atoms with Crippen LogP contribution in [0.2, 0.25) is 0 Å². The summed E-state index contributed by atoms with van der Waals surface area (Å²) in [5.74, 6) is 1.74. The summed E-state index contributed by atoms with van der Waals surface area (Å²) in [5.41, 5.74) is 1.04. The topological polar surface area (TPSA) is 109 Å². The van der Waals surface area contributed by atoms with Gasteiger partial charge < -0.3 is 9.26 Å². The minimum atomic E-state index is -1.68. The first kappa shape index (κ1) is 18.0. The van der Waals surface area contributed by atoms with Crippen LogP contribution in [0, 0.1) is 11.5 Å². The van der Waals surface area contributed by atoms with Gasteiger partial charge in [0.15, 0.2) is 12.0 Å². The maximum absolute atomic E-state index is 15.1. The maximum atomic E-state index is 15.1. The van der Waals surface area contributed by atoms with Gasteiger partial charge in [-0.3, -0.25) is 9.47 Å². The molecule has 3 aromatic rings. The second-order valence-electron chi connectivity index (χ2n) is 8.24. The number of nitriles is 1. The molecule has 0 saturated carbocycles. The first-order valence-electron chi connectivity index (χ1n) is 9.87. The number of hydrogen-bond donors (Lipinski definition) is 0. The highest BCUT2D eigenvalue weighted by Crippen LogP contribution is 2.46. The number of fused-ring (bicyclic) bond motifs is 6. The maximum Gasteiger partial charge on any atom is 0.296 e. The van der Waals surface area contributed by atoms with E-state index in [0.717, 1.165) is 17.7 Å². The van der Waals surface area contributed by atoms with Crippen LogP contribution in [0.1, 0.15) is 38.6 Å². The molecule has 3 aliphatic rings. The number of nitrogens with zero attached hydrogens (tertiary/aromatic N) is 8. The van der Waals surface area contributed by atoms with E-state index in [1.807, 2.05) is 32.2 Å². The molecule has 0 N–H and O–H groups in total. The van der Waals surface area contributed by atoms with Gasteiger partial charge >= 0.3 is 0 Å². The van der Waals surface area contributed by atoms with E-state index in [9.17, 15) is 5.26 Å². The van der Waals surface area contributed by atoms with Crippen molar-refractivity contribution in [2.45, 2.75) is 44.8 Å². The highest BCUT2D eigenvalue weighted by molar-refractivity contribution is 5.90. The highest BCUT2D eigenvalue weighted by Gasteiger charge is 2.43. The summed E-state index contributed by atoms with van der Waals surface area (Å²) in [7, 11) is 0. The lowest BCUT2D eigenvalue weighted by Gasteiger charge is -2.31. The van der Waals surface area contributed by atoms with Crippen LogP contribution in [0.15, 0.2) is 35.0 Å². The van der Waals surface area contributed by atoms with Crippen molar-refractivity contribution in [3.05, 3.63) is 36.3 Å². The number of benzene rings is 1. The van der Waals surface area contributed by atoms with E-state index in [0.29, 0.717) is 28.7 Å². The quantitative estimate of drug-likeness (QED) is 0.456. The van der Waals surface area contributed by atoms with E-state index in [1.54, 1.807) is 16.7 Å². The fraction of sp³-hybridized carbons (Fsp3) is 0.350. The lowest BCUT2D eigenvalue weighted by molar-refractivity contribution is -0.0207. The van der Waals surface area contributed by atoms with E-state index in [4.69, 9.17) is 9.26 Å². The van der Waals surface area contributed by atoms with E-state index < -0.39 is 6.42 Å². The Morgan fingerprint density at radius 1 is 1.23 bits per heavy atom. The molecule has 5 heterocycles. The van der Waals surface area contributed by atoms with Gasteiger partial charge in [-0.05, 0) is 38.8 Å². The van der Waals surface area contributed by atoms with Crippen LogP contribution < -0.4 is 4.90 Å². The summed E-state index contributed by atoms with van der Waals surface area (Å²) in [6.45, 7) is 4.05. The molecular weight excluding hydrogens is 403 g/mol. The molecule has 1 fully saturated rings. The highest BCUT2D eigenvalue weighted by atomic mass is 19.1. The Bertz CT molecular complexity index is 1270. The third-order valence-electron chi connectivity index (χ3n) is 5.75. The average Bonchev–Trinajstić information content (AvgIpc) is 3.52. The number of ether oxygens (including phenoxy) is 1. The van der Waals surface area contributed by atoms with Gasteiger partial charge in [0.05, 0.1) is 17.5 Å². The lowest BCUT2D eigenvalue weighted by Crippen LogP contribution is -2.36. The molecule has 3 aliphatic heterocycles. The zero-order valence-corrected chi connectivity index (χ0v) is 16.7. The molecular formula is C20H17FN8O2. The minimum absolute atomic E-state index is 0.146. The van der Waals surface area contributed by atoms with Crippen LogP contribution in [0.4, 0.5) is 10.1 Å². The molecule has 10 nitrogen and oxygen atoms in total. The molecule has 2 aromatic heterocycles. The van der Waals surface area contributed by atoms with Gasteiger partial charge in [0.2, 0.25) is 11.6 Å². The molecule has 156 valence electrons. The Morgan fingerprint density at radius 2 is 2.03 bits per heavy atom. The second-order valence-corrected chi connectivity index (χ2v) is 8.24. The standard InChI is InChI=1S/C20H17FN8O2/c1-20(2)8-7-13(30-20)15-23-18(31-26-15)17-25-24-16-11-5-3-4-6-12(11)28-14(29(16)17)9-27(10-22)19(28)21/h3-6,9,13,19H,7-8H2,1-2H3. The molecule has 11 heteroatoms. The van der Waals surface area contributed by atoms with Gasteiger partial charge in [-0.15, -0.1) is 10.2 Å². The van der Waals surface area contributed by atoms with Crippen LogP contribution in [0.25, 0.3) is 28.9 Å². The Kier molecular flexibility index (Phi) is 3.56. The number of alkyl halides is 1. The first-order valence-corrected chi connectivity index (χ1v) is 9.87. The molecule has 0 spiro atoms. The summed E-state index contributed by atoms with van der Waals surface area (Å²) < 4.78 is 28.2. The molecule has 0 amide bonds. The number of hydrogen-bond acceptors (Lipinski definition) is 9. The van der Waals surface area contributed by atoms with Gasteiger partial charge in [-0.25, -0.2) is 4.90 Å². The van der Waals surface area contributed by atoms with Gasteiger partial charge in [-0.2, -0.15) is 14.6 Å². The zero-order chi connectivity index (χ0) is 21.3. The minimum Gasteiger partial charge on any atom is -0.364 e. The van der Waals surface area contributed by atoms with E-state index >= 15 is 4.39 Å². The average molecular weight is 420 g/mol. The van der Waals surface area contributed by atoms with Crippen molar-refractivity contribution in [1.29, 1.82) is 5.26 Å². The smallest absolute Gasteiger partial charge is 0.296 e. The van der Waals surface area contributed by atoms with Gasteiger partial charge in [0.25, 0.3) is 12.3 Å². The Morgan fingerprint density at radius 3 is 2.81 bits per heavy atom. The van der Waals surface area contributed by atoms with Crippen molar-refractivity contribution in [3.63, 3.8) is 0 Å². The summed E-state index contributed by atoms with van der Waals surface area (Å²) in [5, 5.41) is 22.0. The van der Waals surface area contributed by atoms with Crippen molar-refractivity contribution in [3.8, 4) is 29.3 Å². The summed E-state index contributed by atoms with van der Waals surface area (Å²) in [4.78, 5) is 6.84. The summed E-state index contributed by atoms with van der Waals surface area (Å²) in [6.07, 6.45) is 3.00. The molecule has 0 radical (unpaired) electrons. The fourth-order valence-electron chi connectivity index (χ4n) is 4.27. The number of anilines is 1. The van der Waals surface area contributed by atoms with Crippen LogP contribution in [0.5, 0.6) is 0 Å². The number of aromatic nitrogens is 5. The monoisotopic (exact) mass is 420 g/mol. The molecule has 2 unspecified atom stereocenters. The predicted molar refractivity (Wildman–Crippen MR) is 105 cm³/mol. The molecule has 2 atom stereocenters. The summed E-state index contributed by atoms with van der Waals surface area (Å²) in [6, 6.07) is 7.24. The van der Waals surface area contributed by atoms with Gasteiger partial charge in [-0.1, -0.05) is 17.3 Å². The van der Waals surface area contributed by atoms with Crippen LogP contribution >= 0.6 is 0 Å². The third-order valence-corrected chi connectivity index (χ3v) is 5.75. The molecule has 1 aromatic carbocycles. The van der Waals surface area contributed by atoms with Crippen molar-refractivity contribution < 1.29 is 13.7 Å². The van der Waals surface area contributed by atoms with Crippen LogP contribution in [-0.4, -0.2) is 41.8 Å².